The maximum absolute atomic E-state index is 5.66. The molecule has 0 saturated carbocycles. The highest BCUT2D eigenvalue weighted by molar-refractivity contribution is 9.11. The van der Waals surface area contributed by atoms with E-state index in [4.69, 9.17) is 4.74 Å². The van der Waals surface area contributed by atoms with Crippen LogP contribution >= 0.6 is 31.9 Å². The molecule has 0 saturated heterocycles. The topological polar surface area (TPSA) is 35.0 Å². The lowest BCUT2D eigenvalue weighted by molar-refractivity contribution is 0.242. The fourth-order valence-corrected chi connectivity index (χ4v) is 2.58. The van der Waals surface area contributed by atoms with Crippen LogP contribution in [0.25, 0.3) is 11.4 Å². The van der Waals surface area contributed by atoms with Crippen molar-refractivity contribution in [2.45, 2.75) is 20.0 Å². The van der Waals surface area contributed by atoms with Crippen molar-refractivity contribution in [3.05, 3.63) is 39.5 Å². The molecule has 1 aromatic heterocycles. The first-order valence-corrected chi connectivity index (χ1v) is 7.10. The molecule has 2 aromatic rings. The molecule has 0 fully saturated rings. The molecule has 0 spiro atoms. The zero-order valence-corrected chi connectivity index (χ0v) is 13.2. The number of hydrogen-bond donors (Lipinski definition) is 0. The predicted molar refractivity (Wildman–Crippen MR) is 78.6 cm³/mol. The second-order valence-corrected chi connectivity index (χ2v) is 5.66. The molecule has 2 rings (SSSR count). The highest BCUT2D eigenvalue weighted by atomic mass is 79.9. The van der Waals surface area contributed by atoms with Crippen LogP contribution in [0.15, 0.2) is 39.5 Å². The smallest absolute Gasteiger partial charge is 0.161 e. The molecule has 0 aliphatic rings. The molecule has 0 bridgehead atoms. The first-order chi connectivity index (χ1) is 8.54. The van der Waals surface area contributed by atoms with Crippen LogP contribution in [0.5, 0.6) is 5.75 Å². The molecule has 0 aliphatic carbocycles. The minimum Gasteiger partial charge on any atom is -0.491 e. The zero-order chi connectivity index (χ0) is 13.1. The van der Waals surface area contributed by atoms with Crippen LogP contribution in [0.1, 0.15) is 13.8 Å². The minimum absolute atomic E-state index is 0.149. The van der Waals surface area contributed by atoms with Crippen LogP contribution in [0, 0.1) is 0 Å². The summed E-state index contributed by atoms with van der Waals surface area (Å²) in [6.07, 6.45) is 0.149. The molecule has 94 valence electrons. The van der Waals surface area contributed by atoms with Gasteiger partial charge in [-0.1, -0.05) is 12.1 Å². The van der Waals surface area contributed by atoms with Gasteiger partial charge in [-0.25, -0.2) is 9.97 Å². The third kappa shape index (κ3) is 3.53. The lowest BCUT2D eigenvalue weighted by Gasteiger charge is -2.10. The highest BCUT2D eigenvalue weighted by Crippen LogP contribution is 2.24. The van der Waals surface area contributed by atoms with Gasteiger partial charge in [0.05, 0.1) is 6.10 Å². The third-order valence-electron chi connectivity index (χ3n) is 2.13. The van der Waals surface area contributed by atoms with Crippen molar-refractivity contribution in [3.63, 3.8) is 0 Å². The van der Waals surface area contributed by atoms with E-state index in [0.29, 0.717) is 5.82 Å². The Morgan fingerprint density at radius 2 is 1.72 bits per heavy atom. The summed E-state index contributed by atoms with van der Waals surface area (Å²) in [6.45, 7) is 4.00. The number of hydrogen-bond acceptors (Lipinski definition) is 3. The van der Waals surface area contributed by atoms with Crippen LogP contribution < -0.4 is 4.74 Å². The molecular formula is C13H12Br2N2O. The van der Waals surface area contributed by atoms with Gasteiger partial charge in [0.2, 0.25) is 0 Å². The van der Waals surface area contributed by atoms with Crippen molar-refractivity contribution >= 4 is 31.9 Å². The fourth-order valence-electron chi connectivity index (χ4n) is 1.50. The summed E-state index contributed by atoms with van der Waals surface area (Å²) in [5.74, 6) is 1.48. The van der Waals surface area contributed by atoms with Crippen molar-refractivity contribution in [3.8, 4) is 17.1 Å². The number of nitrogens with zero attached hydrogens (tertiary/aromatic N) is 2. The van der Waals surface area contributed by atoms with Gasteiger partial charge in [0.25, 0.3) is 0 Å². The number of rotatable bonds is 3. The Kier molecular flexibility index (Phi) is 4.35. The summed E-state index contributed by atoms with van der Waals surface area (Å²) in [6, 6.07) is 9.56. The molecule has 0 unspecified atom stereocenters. The number of halogens is 2. The van der Waals surface area contributed by atoms with Crippen LogP contribution in [-0.4, -0.2) is 16.1 Å². The van der Waals surface area contributed by atoms with Crippen molar-refractivity contribution in [1.29, 1.82) is 0 Å². The maximum Gasteiger partial charge on any atom is 0.161 e. The van der Waals surface area contributed by atoms with Gasteiger partial charge in [-0.15, -0.1) is 0 Å². The van der Waals surface area contributed by atoms with Gasteiger partial charge in [0.1, 0.15) is 15.0 Å². The van der Waals surface area contributed by atoms with E-state index < -0.39 is 0 Å². The van der Waals surface area contributed by atoms with E-state index >= 15 is 0 Å². The Morgan fingerprint density at radius 1 is 1.06 bits per heavy atom. The number of ether oxygens (including phenoxy) is 1. The summed E-state index contributed by atoms with van der Waals surface area (Å²) in [5, 5.41) is 0. The third-order valence-corrected chi connectivity index (χ3v) is 2.94. The molecule has 0 N–H and O–H groups in total. The Labute approximate surface area is 123 Å². The SMILES string of the molecule is CC(C)Oc1cccc(-c2nc(Br)cc(Br)n2)c1. The van der Waals surface area contributed by atoms with Crippen molar-refractivity contribution in [2.75, 3.05) is 0 Å². The van der Waals surface area contributed by atoms with Gasteiger partial charge in [-0.3, -0.25) is 0 Å². The van der Waals surface area contributed by atoms with Crippen molar-refractivity contribution in [2.24, 2.45) is 0 Å². The van der Waals surface area contributed by atoms with Crippen LogP contribution in [0.2, 0.25) is 0 Å². The van der Waals surface area contributed by atoms with E-state index in [1.807, 2.05) is 38.1 Å². The average Bonchev–Trinajstić information content (AvgIpc) is 2.27. The number of benzene rings is 1. The van der Waals surface area contributed by atoms with E-state index in [0.717, 1.165) is 20.5 Å². The zero-order valence-electron chi connectivity index (χ0n) is 10.0. The average molecular weight is 372 g/mol. The van der Waals surface area contributed by atoms with Crippen molar-refractivity contribution < 1.29 is 4.74 Å². The Bertz CT molecular complexity index is 538. The Hall–Kier alpha value is -0.940. The molecule has 0 aliphatic heterocycles. The molecule has 0 amide bonds. The largest absolute Gasteiger partial charge is 0.491 e. The molecular weight excluding hydrogens is 360 g/mol. The van der Waals surface area contributed by atoms with Gasteiger partial charge in [0.15, 0.2) is 5.82 Å². The molecule has 0 radical (unpaired) electrons. The highest BCUT2D eigenvalue weighted by Gasteiger charge is 2.06. The molecule has 5 heteroatoms. The summed E-state index contributed by atoms with van der Waals surface area (Å²) >= 11 is 6.71. The molecule has 1 heterocycles. The molecule has 0 atom stereocenters. The van der Waals surface area contributed by atoms with Crippen LogP contribution in [0.3, 0.4) is 0 Å². The van der Waals surface area contributed by atoms with E-state index in [1.54, 1.807) is 6.07 Å². The lowest BCUT2D eigenvalue weighted by Crippen LogP contribution is -2.05. The quantitative estimate of drug-likeness (QED) is 0.747. The number of aromatic nitrogens is 2. The minimum atomic E-state index is 0.149. The second kappa shape index (κ2) is 5.80. The van der Waals surface area contributed by atoms with Gasteiger partial charge in [0, 0.05) is 11.6 Å². The van der Waals surface area contributed by atoms with Gasteiger partial charge >= 0.3 is 0 Å². The molecule has 1 aromatic carbocycles. The molecule has 18 heavy (non-hydrogen) atoms. The lowest BCUT2D eigenvalue weighted by atomic mass is 10.2. The summed E-state index contributed by atoms with van der Waals surface area (Å²) < 4.78 is 7.15. The van der Waals surface area contributed by atoms with E-state index in [1.165, 1.54) is 0 Å². The fraction of sp³-hybridized carbons (Fsp3) is 0.231. The summed E-state index contributed by atoms with van der Waals surface area (Å²) in [4.78, 5) is 8.69. The second-order valence-electron chi connectivity index (χ2n) is 4.03. The van der Waals surface area contributed by atoms with Crippen LogP contribution in [0.4, 0.5) is 0 Å². The van der Waals surface area contributed by atoms with Crippen LogP contribution in [-0.2, 0) is 0 Å². The predicted octanol–water partition coefficient (Wildman–Crippen LogP) is 4.46. The molecule has 3 nitrogen and oxygen atoms in total. The van der Waals surface area contributed by atoms with Crippen molar-refractivity contribution in [1.82, 2.24) is 9.97 Å². The first kappa shape index (κ1) is 13.5. The first-order valence-electron chi connectivity index (χ1n) is 5.52. The summed E-state index contributed by atoms with van der Waals surface area (Å²) in [5.41, 5.74) is 0.926. The van der Waals surface area contributed by atoms with Gasteiger partial charge in [-0.05, 0) is 57.8 Å². The standard InChI is InChI=1S/C13H12Br2N2O/c1-8(2)18-10-5-3-4-9(6-10)13-16-11(14)7-12(15)17-13/h3-8H,1-2H3. The van der Waals surface area contributed by atoms with E-state index in [2.05, 4.69) is 41.8 Å². The maximum atomic E-state index is 5.66. The Balaban J connectivity index is 2.38. The van der Waals surface area contributed by atoms with Gasteiger partial charge < -0.3 is 4.74 Å². The van der Waals surface area contributed by atoms with Gasteiger partial charge in [-0.2, -0.15) is 0 Å². The van der Waals surface area contributed by atoms with E-state index in [9.17, 15) is 0 Å². The summed E-state index contributed by atoms with van der Waals surface area (Å²) in [7, 11) is 0. The monoisotopic (exact) mass is 370 g/mol. The normalized spacial score (nSPS) is 10.7. The Morgan fingerprint density at radius 3 is 2.33 bits per heavy atom. The van der Waals surface area contributed by atoms with E-state index in [-0.39, 0.29) is 6.10 Å².